The lowest BCUT2D eigenvalue weighted by Gasteiger charge is -2.23. The molecule has 1 fully saturated rings. The molecule has 1 saturated heterocycles. The summed E-state index contributed by atoms with van der Waals surface area (Å²) < 4.78 is 11.5. The Morgan fingerprint density at radius 3 is 2.50 bits per heavy atom. The van der Waals surface area contributed by atoms with Crippen LogP contribution in [0.15, 0.2) is 24.3 Å². The van der Waals surface area contributed by atoms with Crippen LogP contribution in [0.2, 0.25) is 0 Å². The molecule has 0 amide bonds. The van der Waals surface area contributed by atoms with Gasteiger partial charge in [0.25, 0.3) is 0 Å². The summed E-state index contributed by atoms with van der Waals surface area (Å²) in [5.74, 6) is -0.538. The van der Waals surface area contributed by atoms with Crippen LogP contribution in [0.25, 0.3) is 0 Å². The Hall–Kier alpha value is -1.10. The van der Waals surface area contributed by atoms with Gasteiger partial charge in [-0.15, -0.1) is 0 Å². The summed E-state index contributed by atoms with van der Waals surface area (Å²) in [6.45, 7) is 3.07. The van der Waals surface area contributed by atoms with E-state index in [2.05, 4.69) is 29.2 Å². The Balaban J connectivity index is 2.01. The maximum absolute atomic E-state index is 5.82. The normalized spacial score (nSPS) is 27.4. The second kappa shape index (κ2) is 5.26. The maximum Gasteiger partial charge on any atom is 0.170 e. The van der Waals surface area contributed by atoms with Crippen molar-refractivity contribution in [3.05, 3.63) is 29.8 Å². The summed E-state index contributed by atoms with van der Waals surface area (Å²) >= 11 is 0. The van der Waals surface area contributed by atoms with Crippen molar-refractivity contribution in [2.75, 3.05) is 32.1 Å². The van der Waals surface area contributed by atoms with Crippen LogP contribution in [0.5, 0.6) is 0 Å². The Bertz CT molecular complexity index is 391. The van der Waals surface area contributed by atoms with E-state index in [-0.39, 0.29) is 6.10 Å². The molecule has 0 saturated carbocycles. The maximum atomic E-state index is 5.82. The van der Waals surface area contributed by atoms with E-state index < -0.39 is 5.79 Å². The molecule has 1 aliphatic heterocycles. The highest BCUT2D eigenvalue weighted by molar-refractivity contribution is 5.46. The van der Waals surface area contributed by atoms with Crippen LogP contribution in [0.3, 0.4) is 0 Å². The van der Waals surface area contributed by atoms with Gasteiger partial charge < -0.3 is 20.1 Å². The molecular weight excluding hydrogens is 228 g/mol. The van der Waals surface area contributed by atoms with Crippen molar-refractivity contribution in [3.63, 3.8) is 0 Å². The molecule has 0 aromatic heterocycles. The molecule has 0 radical (unpaired) electrons. The lowest BCUT2D eigenvalue weighted by molar-refractivity contribution is -0.151. The Morgan fingerprint density at radius 2 is 2.00 bits per heavy atom. The van der Waals surface area contributed by atoms with Gasteiger partial charge in [0.15, 0.2) is 5.79 Å². The van der Waals surface area contributed by atoms with Crippen LogP contribution < -0.4 is 10.6 Å². The smallest absolute Gasteiger partial charge is 0.170 e. The van der Waals surface area contributed by atoms with Gasteiger partial charge >= 0.3 is 0 Å². The summed E-state index contributed by atoms with van der Waals surface area (Å²) in [6, 6.07) is 8.44. The van der Waals surface area contributed by atoms with Crippen molar-refractivity contribution in [1.29, 1.82) is 0 Å². The van der Waals surface area contributed by atoms with Crippen molar-refractivity contribution < 1.29 is 9.47 Å². The highest BCUT2D eigenvalue weighted by Gasteiger charge is 2.36. The van der Waals surface area contributed by atoms with Gasteiger partial charge in [0.2, 0.25) is 0 Å². The van der Waals surface area contributed by atoms with E-state index in [1.54, 1.807) is 0 Å². The van der Waals surface area contributed by atoms with E-state index in [1.165, 1.54) is 11.3 Å². The molecule has 0 aliphatic carbocycles. The third-order valence-corrected chi connectivity index (χ3v) is 3.23. The summed E-state index contributed by atoms with van der Waals surface area (Å²) in [6.07, 6.45) is 0.771. The fraction of sp³-hybridized carbons (Fsp3) is 0.571. The van der Waals surface area contributed by atoms with Crippen molar-refractivity contribution in [2.45, 2.75) is 25.2 Å². The van der Waals surface area contributed by atoms with Gasteiger partial charge in [0.05, 0.1) is 12.7 Å². The number of hydrogen-bond acceptors (Lipinski definition) is 4. The van der Waals surface area contributed by atoms with Crippen molar-refractivity contribution in [1.82, 2.24) is 0 Å². The largest absolute Gasteiger partial charge is 0.378 e. The first-order valence-corrected chi connectivity index (χ1v) is 6.30. The van der Waals surface area contributed by atoms with Gasteiger partial charge in [-0.25, -0.2) is 0 Å². The zero-order chi connectivity index (χ0) is 13.2. The number of ether oxygens (including phenoxy) is 2. The van der Waals surface area contributed by atoms with Crippen LogP contribution in [0, 0.1) is 0 Å². The molecule has 4 heteroatoms. The van der Waals surface area contributed by atoms with E-state index in [9.17, 15) is 0 Å². The van der Waals surface area contributed by atoms with Gasteiger partial charge in [-0.1, -0.05) is 12.1 Å². The summed E-state index contributed by atoms with van der Waals surface area (Å²) in [5.41, 5.74) is 7.99. The number of nitrogens with zero attached hydrogens (tertiary/aromatic N) is 1. The Kier molecular flexibility index (Phi) is 3.90. The fourth-order valence-corrected chi connectivity index (χ4v) is 2.18. The van der Waals surface area contributed by atoms with Crippen LogP contribution in [-0.4, -0.2) is 39.1 Å². The van der Waals surface area contributed by atoms with Gasteiger partial charge in [0, 0.05) is 32.7 Å². The van der Waals surface area contributed by atoms with Gasteiger partial charge in [0.1, 0.15) is 0 Å². The van der Waals surface area contributed by atoms with Gasteiger partial charge in [-0.05, 0) is 24.6 Å². The van der Waals surface area contributed by atoms with Crippen molar-refractivity contribution in [3.8, 4) is 0 Å². The predicted octanol–water partition coefficient (Wildman–Crippen LogP) is 1.39. The molecule has 18 heavy (non-hydrogen) atoms. The minimum Gasteiger partial charge on any atom is -0.378 e. The topological polar surface area (TPSA) is 47.7 Å². The van der Waals surface area contributed by atoms with Crippen LogP contribution >= 0.6 is 0 Å². The number of benzene rings is 1. The fourth-order valence-electron chi connectivity index (χ4n) is 2.18. The number of hydrogen-bond donors (Lipinski definition) is 1. The highest BCUT2D eigenvalue weighted by Crippen LogP contribution is 2.27. The minimum absolute atomic E-state index is 0.0241. The van der Waals surface area contributed by atoms with Gasteiger partial charge in [-0.2, -0.15) is 0 Å². The molecule has 1 aromatic rings. The van der Waals surface area contributed by atoms with Crippen LogP contribution in [0.1, 0.15) is 12.5 Å². The van der Waals surface area contributed by atoms with Crippen molar-refractivity contribution >= 4 is 5.69 Å². The molecule has 0 spiro atoms. The number of rotatable bonds is 4. The second-order valence-electron chi connectivity index (χ2n) is 5.16. The zero-order valence-electron chi connectivity index (χ0n) is 11.3. The van der Waals surface area contributed by atoms with Crippen LogP contribution in [-0.2, 0) is 15.9 Å². The third-order valence-electron chi connectivity index (χ3n) is 3.23. The standard InChI is InChI=1S/C14H22N2O2/c1-14(17-10-13(9-15)18-14)8-11-4-6-12(7-5-11)16(2)3/h4-7,13H,8-10,15H2,1-3H3. The molecular formula is C14H22N2O2. The first-order chi connectivity index (χ1) is 8.52. The Labute approximate surface area is 109 Å². The molecule has 2 atom stereocenters. The zero-order valence-corrected chi connectivity index (χ0v) is 11.3. The van der Waals surface area contributed by atoms with Crippen LogP contribution in [0.4, 0.5) is 5.69 Å². The monoisotopic (exact) mass is 250 g/mol. The predicted molar refractivity (Wildman–Crippen MR) is 72.8 cm³/mol. The number of nitrogens with two attached hydrogens (primary N) is 1. The molecule has 4 nitrogen and oxygen atoms in total. The van der Waals surface area contributed by atoms with Crippen molar-refractivity contribution in [2.24, 2.45) is 5.73 Å². The van der Waals surface area contributed by atoms with E-state index in [4.69, 9.17) is 15.2 Å². The summed E-state index contributed by atoms with van der Waals surface area (Å²) in [4.78, 5) is 2.08. The van der Waals surface area contributed by atoms with E-state index in [0.29, 0.717) is 13.2 Å². The molecule has 2 N–H and O–H groups in total. The SMILES string of the molecule is CN(C)c1ccc(CC2(C)OCC(CN)O2)cc1. The lowest BCUT2D eigenvalue weighted by Crippen LogP contribution is -2.31. The first-order valence-electron chi connectivity index (χ1n) is 6.30. The minimum atomic E-state index is -0.538. The molecule has 1 aliphatic rings. The molecule has 1 heterocycles. The Morgan fingerprint density at radius 1 is 1.33 bits per heavy atom. The number of anilines is 1. The lowest BCUT2D eigenvalue weighted by atomic mass is 10.1. The molecule has 0 bridgehead atoms. The summed E-state index contributed by atoms with van der Waals surface area (Å²) in [5, 5.41) is 0. The molecule has 100 valence electrons. The average molecular weight is 250 g/mol. The highest BCUT2D eigenvalue weighted by atomic mass is 16.7. The second-order valence-corrected chi connectivity index (χ2v) is 5.16. The third kappa shape index (κ3) is 3.02. The quantitative estimate of drug-likeness (QED) is 0.877. The molecule has 1 aromatic carbocycles. The molecule has 2 unspecified atom stereocenters. The average Bonchev–Trinajstić information content (AvgIpc) is 2.71. The van der Waals surface area contributed by atoms with E-state index in [0.717, 1.165) is 6.42 Å². The molecule has 2 rings (SSSR count). The summed E-state index contributed by atoms with van der Waals surface area (Å²) in [7, 11) is 4.07. The van der Waals surface area contributed by atoms with E-state index >= 15 is 0 Å². The van der Waals surface area contributed by atoms with E-state index in [1.807, 2.05) is 21.0 Å². The first kappa shape index (κ1) is 13.3. The van der Waals surface area contributed by atoms with Gasteiger partial charge in [-0.3, -0.25) is 0 Å².